The van der Waals surface area contributed by atoms with Crippen LogP contribution in [0.4, 0.5) is 5.69 Å². The molecule has 0 bridgehead atoms. The van der Waals surface area contributed by atoms with Crippen LogP contribution in [0.5, 0.6) is 0 Å². The Labute approximate surface area is 189 Å². The number of aryl methyl sites for hydroxylation is 1. The van der Waals surface area contributed by atoms with Gasteiger partial charge >= 0.3 is 11.8 Å². The summed E-state index contributed by atoms with van der Waals surface area (Å²) in [5, 5.41) is 5.68. The summed E-state index contributed by atoms with van der Waals surface area (Å²) in [5.41, 5.74) is 2.11. The van der Waals surface area contributed by atoms with E-state index in [-0.39, 0.29) is 11.9 Å². The Morgan fingerprint density at radius 3 is 2.31 bits per heavy atom. The van der Waals surface area contributed by atoms with Gasteiger partial charge in [0.15, 0.2) is 0 Å². The summed E-state index contributed by atoms with van der Waals surface area (Å²) >= 11 is 0. The quantitative estimate of drug-likeness (QED) is 0.491. The van der Waals surface area contributed by atoms with Crippen molar-refractivity contribution in [2.75, 3.05) is 25.2 Å². The number of rotatable bonds is 8. The molecule has 170 valence electrons. The highest BCUT2D eigenvalue weighted by Gasteiger charge is 2.36. The van der Waals surface area contributed by atoms with Crippen LogP contribution >= 0.6 is 0 Å². The minimum atomic E-state index is -1.00. The molecule has 3 rings (SSSR count). The van der Waals surface area contributed by atoms with Gasteiger partial charge in [-0.1, -0.05) is 60.9 Å². The van der Waals surface area contributed by atoms with Crippen molar-refractivity contribution in [1.82, 2.24) is 10.6 Å². The zero-order valence-corrected chi connectivity index (χ0v) is 18.7. The van der Waals surface area contributed by atoms with E-state index in [1.54, 1.807) is 43.5 Å². The minimum absolute atomic E-state index is 0.00276. The van der Waals surface area contributed by atoms with Crippen LogP contribution in [0.1, 0.15) is 42.9 Å². The number of anilines is 1. The van der Waals surface area contributed by atoms with Crippen LogP contribution in [-0.2, 0) is 19.1 Å². The Morgan fingerprint density at radius 2 is 1.69 bits per heavy atom. The molecule has 2 aromatic carbocycles. The van der Waals surface area contributed by atoms with Gasteiger partial charge in [0.1, 0.15) is 6.04 Å². The van der Waals surface area contributed by atoms with Crippen molar-refractivity contribution in [3.63, 3.8) is 0 Å². The fourth-order valence-corrected chi connectivity index (χ4v) is 3.94. The smallest absolute Gasteiger partial charge is 0.317 e. The molecule has 1 aliphatic rings. The summed E-state index contributed by atoms with van der Waals surface area (Å²) in [6.07, 6.45) is 3.80. The molecule has 7 nitrogen and oxygen atoms in total. The number of hydrogen-bond donors (Lipinski definition) is 2. The number of carbonyl (C=O) groups excluding carboxylic acids is 3. The normalized spacial score (nSPS) is 14.6. The topological polar surface area (TPSA) is 87.7 Å². The Morgan fingerprint density at radius 1 is 1.03 bits per heavy atom. The maximum atomic E-state index is 13.5. The van der Waals surface area contributed by atoms with Crippen LogP contribution in [0.3, 0.4) is 0 Å². The number of hydrogen-bond acceptors (Lipinski definition) is 4. The van der Waals surface area contributed by atoms with Crippen LogP contribution in [0.25, 0.3) is 0 Å². The molecule has 0 spiro atoms. The van der Waals surface area contributed by atoms with E-state index in [0.29, 0.717) is 24.4 Å². The number of nitrogens with zero attached hydrogens (tertiary/aromatic N) is 1. The molecule has 0 aromatic heterocycles. The van der Waals surface area contributed by atoms with Crippen LogP contribution in [0.15, 0.2) is 54.6 Å². The molecule has 0 saturated heterocycles. The molecule has 1 saturated carbocycles. The lowest BCUT2D eigenvalue weighted by atomic mass is 10.0. The fraction of sp³-hybridized carbons (Fsp3) is 0.400. The molecule has 2 N–H and O–H groups in total. The largest absolute Gasteiger partial charge is 0.383 e. The maximum absolute atomic E-state index is 13.5. The van der Waals surface area contributed by atoms with Gasteiger partial charge in [0, 0.05) is 25.4 Å². The number of methoxy groups -OCH3 is 1. The predicted molar refractivity (Wildman–Crippen MR) is 123 cm³/mol. The minimum Gasteiger partial charge on any atom is -0.383 e. The van der Waals surface area contributed by atoms with E-state index >= 15 is 0 Å². The van der Waals surface area contributed by atoms with Gasteiger partial charge < -0.3 is 15.4 Å². The monoisotopic (exact) mass is 437 g/mol. The first-order chi connectivity index (χ1) is 15.5. The van der Waals surface area contributed by atoms with Crippen molar-refractivity contribution in [3.8, 4) is 0 Å². The highest BCUT2D eigenvalue weighted by molar-refractivity contribution is 6.41. The molecule has 2 aromatic rings. The summed E-state index contributed by atoms with van der Waals surface area (Å²) in [6.45, 7) is 2.58. The molecule has 1 aliphatic carbocycles. The molecular formula is C25H31N3O4. The lowest BCUT2D eigenvalue weighted by molar-refractivity contribution is -0.139. The second-order valence-corrected chi connectivity index (χ2v) is 8.06. The van der Waals surface area contributed by atoms with Gasteiger partial charge in [0.2, 0.25) is 5.91 Å². The first-order valence-electron chi connectivity index (χ1n) is 11.0. The summed E-state index contributed by atoms with van der Waals surface area (Å²) in [4.78, 5) is 41.0. The summed E-state index contributed by atoms with van der Waals surface area (Å²) in [7, 11) is 1.55. The Bertz CT molecular complexity index is 909. The van der Waals surface area contributed by atoms with Gasteiger partial charge in [0.05, 0.1) is 6.61 Å². The van der Waals surface area contributed by atoms with Crippen molar-refractivity contribution in [2.24, 2.45) is 0 Å². The van der Waals surface area contributed by atoms with E-state index in [1.807, 2.05) is 25.1 Å². The fourth-order valence-electron chi connectivity index (χ4n) is 3.94. The first kappa shape index (κ1) is 23.5. The molecule has 32 heavy (non-hydrogen) atoms. The average molecular weight is 438 g/mol. The number of benzene rings is 2. The van der Waals surface area contributed by atoms with Crippen LogP contribution in [-0.4, -0.2) is 44.0 Å². The Balaban J connectivity index is 1.98. The summed E-state index contributed by atoms with van der Waals surface area (Å²) in [5.74, 6) is -1.82. The zero-order valence-electron chi connectivity index (χ0n) is 18.7. The van der Waals surface area contributed by atoms with E-state index in [9.17, 15) is 14.4 Å². The predicted octanol–water partition coefficient (Wildman–Crippen LogP) is 2.89. The van der Waals surface area contributed by atoms with Crippen molar-refractivity contribution >= 4 is 23.4 Å². The van der Waals surface area contributed by atoms with Gasteiger partial charge in [-0.2, -0.15) is 0 Å². The molecule has 0 heterocycles. The highest BCUT2D eigenvalue weighted by Crippen LogP contribution is 2.29. The second-order valence-electron chi connectivity index (χ2n) is 8.06. The van der Waals surface area contributed by atoms with Crippen molar-refractivity contribution < 1.29 is 19.1 Å². The van der Waals surface area contributed by atoms with Crippen molar-refractivity contribution in [3.05, 3.63) is 65.7 Å². The third-order valence-electron chi connectivity index (χ3n) is 5.64. The van der Waals surface area contributed by atoms with Gasteiger partial charge in [-0.15, -0.1) is 0 Å². The lowest BCUT2D eigenvalue weighted by Crippen LogP contribution is -2.51. The van der Waals surface area contributed by atoms with Crippen molar-refractivity contribution in [1.29, 1.82) is 0 Å². The third-order valence-corrected chi connectivity index (χ3v) is 5.64. The van der Waals surface area contributed by atoms with Crippen molar-refractivity contribution in [2.45, 2.75) is 44.7 Å². The van der Waals surface area contributed by atoms with E-state index in [0.717, 1.165) is 31.2 Å². The lowest BCUT2D eigenvalue weighted by Gasteiger charge is -2.31. The first-order valence-corrected chi connectivity index (χ1v) is 11.0. The number of amides is 3. The molecule has 1 fully saturated rings. The summed E-state index contributed by atoms with van der Waals surface area (Å²) in [6, 6.07) is 15.2. The SMILES string of the molecule is COCCNC(=O)C(c1ccccc1)N(C(=O)C(=O)NC1CCCC1)c1ccc(C)cc1. The van der Waals surface area contributed by atoms with Gasteiger partial charge in [0.25, 0.3) is 0 Å². The standard InChI is InChI=1S/C25H31N3O4/c1-18-12-14-21(15-13-18)28(25(31)24(30)27-20-10-6-7-11-20)22(19-8-4-3-5-9-19)23(29)26-16-17-32-2/h3-5,8-9,12-15,20,22H,6-7,10-11,16-17H2,1-2H3,(H,26,29)(H,27,30). The zero-order chi connectivity index (χ0) is 22.9. The maximum Gasteiger partial charge on any atom is 0.317 e. The molecule has 1 atom stereocenters. The number of ether oxygens (including phenoxy) is 1. The van der Waals surface area contributed by atoms with Gasteiger partial charge in [-0.25, -0.2) is 0 Å². The van der Waals surface area contributed by atoms with Crippen LogP contribution < -0.4 is 15.5 Å². The van der Waals surface area contributed by atoms with E-state index in [4.69, 9.17) is 4.74 Å². The molecule has 1 unspecified atom stereocenters. The molecule has 3 amide bonds. The molecule has 0 aliphatic heterocycles. The van der Waals surface area contributed by atoms with Crippen LogP contribution in [0.2, 0.25) is 0 Å². The third kappa shape index (κ3) is 5.95. The molecule has 0 radical (unpaired) electrons. The average Bonchev–Trinajstić information content (AvgIpc) is 3.31. The second kappa shape index (κ2) is 11.4. The van der Waals surface area contributed by atoms with E-state index < -0.39 is 17.9 Å². The van der Waals surface area contributed by atoms with Gasteiger partial charge in [-0.05, 0) is 37.5 Å². The Hall–Kier alpha value is -3.19. The summed E-state index contributed by atoms with van der Waals surface area (Å²) < 4.78 is 5.04. The van der Waals surface area contributed by atoms with E-state index in [1.165, 1.54) is 4.90 Å². The molecule has 7 heteroatoms. The van der Waals surface area contributed by atoms with Crippen LogP contribution in [0, 0.1) is 6.92 Å². The Kier molecular flexibility index (Phi) is 8.39. The number of nitrogens with one attached hydrogen (secondary N) is 2. The highest BCUT2D eigenvalue weighted by atomic mass is 16.5. The molecular weight excluding hydrogens is 406 g/mol. The van der Waals surface area contributed by atoms with E-state index in [2.05, 4.69) is 10.6 Å². The number of carbonyl (C=O) groups is 3. The van der Waals surface area contributed by atoms with Gasteiger partial charge in [-0.3, -0.25) is 19.3 Å².